The number of amides is 1. The highest BCUT2D eigenvalue weighted by Crippen LogP contribution is 2.24. The van der Waals surface area contributed by atoms with Gasteiger partial charge in [-0.3, -0.25) is 9.59 Å². The number of esters is 1. The molecule has 1 aromatic carbocycles. The van der Waals surface area contributed by atoms with Crippen molar-refractivity contribution in [3.63, 3.8) is 0 Å². The minimum atomic E-state index is -0.976. The average molecular weight is 382 g/mol. The first kappa shape index (κ1) is 18.7. The SMILES string of the molecule is CCc1ccc2c(CC(=O)O[C@H](C)C(=O)Nc3sccc3C#N)coc2c1. The Morgan fingerprint density at radius 3 is 2.93 bits per heavy atom. The lowest BCUT2D eigenvalue weighted by Gasteiger charge is -2.12. The Balaban J connectivity index is 1.62. The van der Waals surface area contributed by atoms with Gasteiger partial charge in [0.2, 0.25) is 0 Å². The van der Waals surface area contributed by atoms with Crippen molar-refractivity contribution in [1.29, 1.82) is 5.26 Å². The van der Waals surface area contributed by atoms with Crippen LogP contribution in [-0.4, -0.2) is 18.0 Å². The predicted molar refractivity (Wildman–Crippen MR) is 103 cm³/mol. The summed E-state index contributed by atoms with van der Waals surface area (Å²) in [5.74, 6) is -1.00. The average Bonchev–Trinajstić information content (AvgIpc) is 3.27. The van der Waals surface area contributed by atoms with Gasteiger partial charge in [0.05, 0.1) is 18.2 Å². The van der Waals surface area contributed by atoms with Crippen LogP contribution in [0.4, 0.5) is 5.00 Å². The number of rotatable bonds is 6. The van der Waals surface area contributed by atoms with Crippen molar-refractivity contribution in [2.75, 3.05) is 5.32 Å². The molecule has 0 spiro atoms. The number of anilines is 1. The van der Waals surface area contributed by atoms with E-state index in [2.05, 4.69) is 12.2 Å². The number of ether oxygens (including phenoxy) is 1. The Bertz CT molecular complexity index is 1030. The van der Waals surface area contributed by atoms with Crippen molar-refractivity contribution in [3.05, 3.63) is 52.6 Å². The van der Waals surface area contributed by atoms with E-state index in [0.717, 1.165) is 28.5 Å². The number of nitrogens with one attached hydrogen (secondary N) is 1. The fourth-order valence-electron chi connectivity index (χ4n) is 2.64. The molecule has 0 bridgehead atoms. The van der Waals surface area contributed by atoms with Crippen LogP contribution in [0.2, 0.25) is 0 Å². The molecule has 1 N–H and O–H groups in total. The summed E-state index contributed by atoms with van der Waals surface area (Å²) in [5, 5.41) is 14.6. The van der Waals surface area contributed by atoms with E-state index in [1.54, 1.807) is 17.7 Å². The largest absolute Gasteiger partial charge is 0.464 e. The maximum absolute atomic E-state index is 12.2. The lowest BCUT2D eigenvalue weighted by atomic mass is 10.1. The van der Waals surface area contributed by atoms with Gasteiger partial charge in [-0.25, -0.2) is 0 Å². The minimum Gasteiger partial charge on any atom is -0.464 e. The van der Waals surface area contributed by atoms with Gasteiger partial charge in [-0.1, -0.05) is 19.1 Å². The summed E-state index contributed by atoms with van der Waals surface area (Å²) < 4.78 is 10.8. The molecule has 0 fully saturated rings. The zero-order valence-electron chi connectivity index (χ0n) is 14.9. The summed E-state index contributed by atoms with van der Waals surface area (Å²) in [4.78, 5) is 24.4. The summed E-state index contributed by atoms with van der Waals surface area (Å²) in [6, 6.07) is 9.49. The van der Waals surface area contributed by atoms with Gasteiger partial charge in [0.1, 0.15) is 16.7 Å². The minimum absolute atomic E-state index is 0.0124. The zero-order chi connectivity index (χ0) is 19.4. The fraction of sp³-hybridized carbons (Fsp3) is 0.250. The Labute approximate surface area is 160 Å². The van der Waals surface area contributed by atoms with Crippen molar-refractivity contribution < 1.29 is 18.7 Å². The van der Waals surface area contributed by atoms with Crippen molar-refractivity contribution in [2.24, 2.45) is 0 Å². The number of nitrogens with zero attached hydrogens (tertiary/aromatic N) is 1. The van der Waals surface area contributed by atoms with E-state index >= 15 is 0 Å². The number of furan rings is 1. The highest BCUT2D eigenvalue weighted by molar-refractivity contribution is 7.14. The van der Waals surface area contributed by atoms with Crippen molar-refractivity contribution in [3.8, 4) is 6.07 Å². The third-order valence-corrected chi connectivity index (χ3v) is 4.99. The van der Waals surface area contributed by atoms with Crippen LogP contribution in [0.3, 0.4) is 0 Å². The van der Waals surface area contributed by atoms with E-state index in [-0.39, 0.29) is 6.42 Å². The molecule has 27 heavy (non-hydrogen) atoms. The Morgan fingerprint density at radius 1 is 1.37 bits per heavy atom. The van der Waals surface area contributed by atoms with Crippen LogP contribution in [-0.2, 0) is 27.2 Å². The Morgan fingerprint density at radius 2 is 2.19 bits per heavy atom. The molecule has 0 aliphatic rings. The van der Waals surface area contributed by atoms with Gasteiger partial charge in [0.15, 0.2) is 6.10 Å². The zero-order valence-corrected chi connectivity index (χ0v) is 15.8. The van der Waals surface area contributed by atoms with E-state index < -0.39 is 18.0 Å². The topological polar surface area (TPSA) is 92.3 Å². The first-order valence-electron chi connectivity index (χ1n) is 8.48. The van der Waals surface area contributed by atoms with Gasteiger partial charge in [-0.2, -0.15) is 5.26 Å². The smallest absolute Gasteiger partial charge is 0.311 e. The molecule has 0 aliphatic carbocycles. The summed E-state index contributed by atoms with van der Waals surface area (Å²) in [5.41, 5.74) is 2.98. The summed E-state index contributed by atoms with van der Waals surface area (Å²) in [6.45, 7) is 3.55. The Kier molecular flexibility index (Phi) is 5.57. The summed E-state index contributed by atoms with van der Waals surface area (Å²) in [6.07, 6.45) is 1.48. The van der Waals surface area contributed by atoms with Crippen LogP contribution < -0.4 is 5.32 Å². The standard InChI is InChI=1S/C20H18N2O4S/c1-3-13-4-5-16-15(11-25-17(16)8-13)9-18(23)26-12(2)19(24)22-20-14(10-21)6-7-27-20/h4-8,11-12H,3,9H2,1-2H3,(H,22,24)/t12-/m1/s1. The van der Waals surface area contributed by atoms with E-state index in [4.69, 9.17) is 14.4 Å². The number of fused-ring (bicyclic) bond motifs is 1. The lowest BCUT2D eigenvalue weighted by Crippen LogP contribution is -2.30. The monoisotopic (exact) mass is 382 g/mol. The van der Waals surface area contributed by atoms with E-state index in [0.29, 0.717) is 10.6 Å². The molecule has 0 radical (unpaired) electrons. The molecule has 6 nitrogen and oxygen atoms in total. The van der Waals surface area contributed by atoms with Crippen molar-refractivity contribution in [2.45, 2.75) is 32.8 Å². The van der Waals surface area contributed by atoms with Crippen LogP contribution in [0, 0.1) is 11.3 Å². The van der Waals surface area contributed by atoms with Crippen LogP contribution in [0.5, 0.6) is 0 Å². The molecule has 2 heterocycles. The molecule has 7 heteroatoms. The van der Waals surface area contributed by atoms with Crippen molar-refractivity contribution >= 4 is 39.2 Å². The van der Waals surface area contributed by atoms with Crippen LogP contribution in [0.1, 0.15) is 30.5 Å². The maximum Gasteiger partial charge on any atom is 0.311 e. The second kappa shape index (κ2) is 8.06. The van der Waals surface area contributed by atoms with E-state index in [1.165, 1.54) is 18.3 Å². The summed E-state index contributed by atoms with van der Waals surface area (Å²) in [7, 11) is 0. The third kappa shape index (κ3) is 4.18. The third-order valence-electron chi connectivity index (χ3n) is 4.16. The van der Waals surface area contributed by atoms with Gasteiger partial charge >= 0.3 is 5.97 Å². The normalized spacial score (nSPS) is 11.7. The second-order valence-electron chi connectivity index (χ2n) is 6.02. The number of nitriles is 1. The number of hydrogen-bond donors (Lipinski definition) is 1. The van der Waals surface area contributed by atoms with Crippen LogP contribution in [0.25, 0.3) is 11.0 Å². The number of aryl methyl sites for hydroxylation is 1. The predicted octanol–water partition coefficient (Wildman–Crippen LogP) is 4.04. The number of hydrogen-bond acceptors (Lipinski definition) is 6. The van der Waals surface area contributed by atoms with Gasteiger partial charge in [0, 0.05) is 10.9 Å². The highest BCUT2D eigenvalue weighted by atomic mass is 32.1. The molecular weight excluding hydrogens is 364 g/mol. The van der Waals surface area contributed by atoms with Gasteiger partial charge in [-0.05, 0) is 36.4 Å². The number of benzene rings is 1. The number of carbonyl (C=O) groups is 2. The molecule has 0 saturated carbocycles. The number of thiophene rings is 1. The molecule has 0 aliphatic heterocycles. The molecular formula is C20H18N2O4S. The lowest BCUT2D eigenvalue weighted by molar-refractivity contribution is -0.152. The first-order valence-corrected chi connectivity index (χ1v) is 9.36. The molecule has 3 aromatic rings. The van der Waals surface area contributed by atoms with E-state index in [1.807, 2.05) is 24.3 Å². The first-order chi connectivity index (χ1) is 13.0. The van der Waals surface area contributed by atoms with E-state index in [9.17, 15) is 9.59 Å². The second-order valence-corrected chi connectivity index (χ2v) is 6.93. The molecule has 1 amide bonds. The number of carbonyl (C=O) groups excluding carboxylic acids is 2. The molecule has 138 valence electrons. The van der Waals surface area contributed by atoms with Gasteiger partial charge in [-0.15, -0.1) is 11.3 Å². The quantitative estimate of drug-likeness (QED) is 0.650. The molecule has 1 atom stereocenters. The van der Waals surface area contributed by atoms with Gasteiger partial charge < -0.3 is 14.5 Å². The fourth-order valence-corrected chi connectivity index (χ4v) is 3.38. The summed E-state index contributed by atoms with van der Waals surface area (Å²) >= 11 is 1.24. The van der Waals surface area contributed by atoms with Crippen LogP contribution in [0.15, 0.2) is 40.3 Å². The maximum atomic E-state index is 12.2. The van der Waals surface area contributed by atoms with Crippen molar-refractivity contribution in [1.82, 2.24) is 0 Å². The molecule has 0 saturated heterocycles. The van der Waals surface area contributed by atoms with Crippen LogP contribution >= 0.6 is 11.3 Å². The molecule has 2 aromatic heterocycles. The highest BCUT2D eigenvalue weighted by Gasteiger charge is 2.21. The van der Waals surface area contributed by atoms with Gasteiger partial charge in [0.25, 0.3) is 5.91 Å². The Hall–Kier alpha value is -3.11. The molecule has 0 unspecified atom stereocenters. The molecule has 3 rings (SSSR count).